The van der Waals surface area contributed by atoms with Crippen molar-refractivity contribution in [3.8, 4) is 0 Å². The Morgan fingerprint density at radius 2 is 2.46 bits per heavy atom. The van der Waals surface area contributed by atoms with Crippen LogP contribution in [0.5, 0.6) is 0 Å². The van der Waals surface area contributed by atoms with Crippen molar-refractivity contribution in [1.82, 2.24) is 5.32 Å². The molecule has 0 radical (unpaired) electrons. The Morgan fingerprint density at radius 1 is 1.62 bits per heavy atom. The fourth-order valence-corrected chi connectivity index (χ4v) is 1.60. The van der Waals surface area contributed by atoms with Gasteiger partial charge in [0.25, 0.3) is 0 Å². The Morgan fingerprint density at radius 3 is 3.08 bits per heavy atom. The number of hydrogen-bond acceptors (Lipinski definition) is 2. The highest BCUT2D eigenvalue weighted by Crippen LogP contribution is 2.09. The highest BCUT2D eigenvalue weighted by molar-refractivity contribution is 4.83. The van der Waals surface area contributed by atoms with Gasteiger partial charge >= 0.3 is 0 Å². The zero-order valence-electron chi connectivity index (χ0n) is 8.75. The molecule has 2 heteroatoms. The second-order valence-electron chi connectivity index (χ2n) is 3.81. The molecule has 0 saturated heterocycles. The molecule has 0 bridgehead atoms. The van der Waals surface area contributed by atoms with E-state index in [9.17, 15) is 0 Å². The van der Waals surface area contributed by atoms with Crippen LogP contribution in [0.3, 0.4) is 0 Å². The molecule has 1 aliphatic heterocycles. The lowest BCUT2D eigenvalue weighted by Gasteiger charge is -2.22. The molecule has 1 heterocycles. The van der Waals surface area contributed by atoms with Crippen molar-refractivity contribution >= 4 is 0 Å². The third kappa shape index (κ3) is 4.32. The molecule has 0 spiro atoms. The van der Waals surface area contributed by atoms with Crippen molar-refractivity contribution < 1.29 is 4.74 Å². The van der Waals surface area contributed by atoms with Crippen LogP contribution in [0, 0.1) is 0 Å². The molecule has 0 aromatic heterocycles. The van der Waals surface area contributed by atoms with Crippen LogP contribution in [0.25, 0.3) is 0 Å². The number of nitrogens with one attached hydrogen (secondary N) is 1. The van der Waals surface area contributed by atoms with Crippen LogP contribution < -0.4 is 5.32 Å². The number of allylic oxidation sites excluding steroid dienone is 1. The standard InChI is InChI=1S/C11H21NO/c1-3-6-10(2)12-9-11-7-4-5-8-13-11/h5,8,10-12H,3-4,6-7,9H2,1-2H3. The minimum absolute atomic E-state index is 0.393. The van der Waals surface area contributed by atoms with Gasteiger partial charge in [-0.1, -0.05) is 13.3 Å². The third-order valence-electron chi connectivity index (χ3n) is 2.44. The summed E-state index contributed by atoms with van der Waals surface area (Å²) >= 11 is 0. The first-order valence-electron chi connectivity index (χ1n) is 5.36. The summed E-state index contributed by atoms with van der Waals surface area (Å²) in [5.74, 6) is 0. The summed E-state index contributed by atoms with van der Waals surface area (Å²) < 4.78 is 5.46. The summed E-state index contributed by atoms with van der Waals surface area (Å²) in [6.45, 7) is 5.45. The van der Waals surface area contributed by atoms with Gasteiger partial charge in [-0.05, 0) is 32.3 Å². The molecule has 0 aliphatic carbocycles. The molecule has 1 rings (SSSR count). The van der Waals surface area contributed by atoms with Crippen molar-refractivity contribution in [2.75, 3.05) is 6.54 Å². The first-order valence-corrected chi connectivity index (χ1v) is 5.36. The van der Waals surface area contributed by atoms with Gasteiger partial charge < -0.3 is 10.1 Å². The Bertz CT molecular complexity index is 156. The van der Waals surface area contributed by atoms with Crippen molar-refractivity contribution in [1.29, 1.82) is 0 Å². The van der Waals surface area contributed by atoms with Crippen LogP contribution in [0.2, 0.25) is 0 Å². The van der Waals surface area contributed by atoms with E-state index < -0.39 is 0 Å². The molecule has 2 nitrogen and oxygen atoms in total. The van der Waals surface area contributed by atoms with Gasteiger partial charge in [0.1, 0.15) is 6.10 Å². The first kappa shape index (κ1) is 10.6. The maximum Gasteiger partial charge on any atom is 0.110 e. The Labute approximate surface area is 81.4 Å². The molecule has 1 aliphatic rings. The third-order valence-corrected chi connectivity index (χ3v) is 2.44. The Kier molecular flexibility index (Phi) is 4.91. The van der Waals surface area contributed by atoms with E-state index >= 15 is 0 Å². The van der Waals surface area contributed by atoms with Crippen LogP contribution in [-0.4, -0.2) is 18.7 Å². The van der Waals surface area contributed by atoms with Crippen molar-refractivity contribution in [3.63, 3.8) is 0 Å². The molecule has 13 heavy (non-hydrogen) atoms. The summed E-state index contributed by atoms with van der Waals surface area (Å²) in [6.07, 6.45) is 9.13. The van der Waals surface area contributed by atoms with E-state index in [-0.39, 0.29) is 0 Å². The van der Waals surface area contributed by atoms with Crippen molar-refractivity contribution in [2.45, 2.75) is 51.7 Å². The second kappa shape index (κ2) is 6.03. The largest absolute Gasteiger partial charge is 0.497 e. The first-order chi connectivity index (χ1) is 6.33. The average molecular weight is 183 g/mol. The highest BCUT2D eigenvalue weighted by atomic mass is 16.5. The van der Waals surface area contributed by atoms with E-state index in [2.05, 4.69) is 25.2 Å². The molecular weight excluding hydrogens is 162 g/mol. The van der Waals surface area contributed by atoms with Crippen LogP contribution in [0.1, 0.15) is 39.5 Å². The lowest BCUT2D eigenvalue weighted by molar-refractivity contribution is 0.119. The van der Waals surface area contributed by atoms with Crippen LogP contribution >= 0.6 is 0 Å². The normalized spacial score (nSPS) is 24.0. The smallest absolute Gasteiger partial charge is 0.110 e. The number of hydrogen-bond donors (Lipinski definition) is 1. The van der Waals surface area contributed by atoms with E-state index in [0.29, 0.717) is 12.1 Å². The maximum atomic E-state index is 5.46. The van der Waals surface area contributed by atoms with Crippen molar-refractivity contribution in [2.24, 2.45) is 0 Å². The summed E-state index contributed by atoms with van der Waals surface area (Å²) in [4.78, 5) is 0. The molecule has 0 aromatic carbocycles. The predicted octanol–water partition coefficient (Wildman–Crippen LogP) is 2.46. The van der Waals surface area contributed by atoms with Gasteiger partial charge in [-0.15, -0.1) is 0 Å². The maximum absolute atomic E-state index is 5.46. The quantitative estimate of drug-likeness (QED) is 0.707. The van der Waals surface area contributed by atoms with E-state index in [0.717, 1.165) is 19.4 Å². The number of rotatable bonds is 5. The molecular formula is C11H21NO. The van der Waals surface area contributed by atoms with Gasteiger partial charge in [-0.3, -0.25) is 0 Å². The van der Waals surface area contributed by atoms with Crippen molar-refractivity contribution in [3.05, 3.63) is 12.3 Å². The van der Waals surface area contributed by atoms with Gasteiger partial charge in [0.05, 0.1) is 6.26 Å². The topological polar surface area (TPSA) is 21.3 Å². The molecule has 76 valence electrons. The Balaban J connectivity index is 2.07. The molecule has 0 amide bonds. The summed E-state index contributed by atoms with van der Waals surface area (Å²) in [5.41, 5.74) is 0. The van der Waals surface area contributed by atoms with Crippen LogP contribution in [-0.2, 0) is 4.74 Å². The molecule has 0 aromatic rings. The van der Waals surface area contributed by atoms with Gasteiger partial charge in [-0.25, -0.2) is 0 Å². The molecule has 2 atom stereocenters. The minimum Gasteiger partial charge on any atom is -0.497 e. The summed E-state index contributed by atoms with van der Waals surface area (Å²) in [6, 6.07) is 0.625. The van der Waals surface area contributed by atoms with E-state index in [4.69, 9.17) is 4.74 Å². The van der Waals surface area contributed by atoms with E-state index in [1.54, 1.807) is 0 Å². The zero-order valence-corrected chi connectivity index (χ0v) is 8.75. The minimum atomic E-state index is 0.393. The zero-order chi connectivity index (χ0) is 9.52. The monoisotopic (exact) mass is 183 g/mol. The van der Waals surface area contributed by atoms with Gasteiger partial charge in [-0.2, -0.15) is 0 Å². The second-order valence-corrected chi connectivity index (χ2v) is 3.81. The lowest BCUT2D eigenvalue weighted by Crippen LogP contribution is -2.35. The van der Waals surface area contributed by atoms with E-state index in [1.165, 1.54) is 12.8 Å². The molecule has 2 unspecified atom stereocenters. The number of ether oxygens (including phenoxy) is 1. The molecule has 0 saturated carbocycles. The predicted molar refractivity (Wildman–Crippen MR) is 55.6 cm³/mol. The SMILES string of the molecule is CCCC(C)NCC1CCC=CO1. The molecule has 1 N–H and O–H groups in total. The van der Waals surface area contributed by atoms with Gasteiger partial charge in [0.15, 0.2) is 0 Å². The fraction of sp³-hybridized carbons (Fsp3) is 0.818. The van der Waals surface area contributed by atoms with Crippen LogP contribution in [0.4, 0.5) is 0 Å². The summed E-state index contributed by atoms with van der Waals surface area (Å²) in [5, 5.41) is 3.49. The Hall–Kier alpha value is -0.500. The lowest BCUT2D eigenvalue weighted by atomic mass is 10.1. The molecule has 0 fully saturated rings. The van der Waals surface area contributed by atoms with Gasteiger partial charge in [0.2, 0.25) is 0 Å². The summed E-state index contributed by atoms with van der Waals surface area (Å²) in [7, 11) is 0. The fourth-order valence-electron chi connectivity index (χ4n) is 1.60. The van der Waals surface area contributed by atoms with E-state index in [1.807, 2.05) is 6.26 Å². The average Bonchev–Trinajstić information content (AvgIpc) is 2.17. The highest BCUT2D eigenvalue weighted by Gasteiger charge is 2.11. The van der Waals surface area contributed by atoms with Crippen LogP contribution in [0.15, 0.2) is 12.3 Å². The van der Waals surface area contributed by atoms with Gasteiger partial charge in [0, 0.05) is 12.6 Å².